The average molecular weight is 221 g/mol. The number of amides is 1. The second-order valence-electron chi connectivity index (χ2n) is 3.24. The summed E-state index contributed by atoms with van der Waals surface area (Å²) in [5.74, 6) is -0.990. The van der Waals surface area contributed by atoms with Crippen LogP contribution in [0.15, 0.2) is 18.3 Å². The van der Waals surface area contributed by atoms with Crippen LogP contribution in [0, 0.1) is 17.3 Å². The minimum absolute atomic E-state index is 0.257. The van der Waals surface area contributed by atoms with Crippen LogP contribution in [0.1, 0.15) is 29.6 Å². The van der Waals surface area contributed by atoms with Gasteiger partial charge in [-0.15, -0.1) is 0 Å². The van der Waals surface area contributed by atoms with Crippen molar-refractivity contribution in [3.8, 4) is 6.07 Å². The molecule has 0 aliphatic heterocycles. The standard InChI is InChI=1S/C11H12FN3O/c12-10-8-9(4-7-14-10)11(16)15-6-3-1-2-5-13/h4,7-8H,1-3,6H2,(H,15,16). The summed E-state index contributed by atoms with van der Waals surface area (Å²) in [6, 6.07) is 4.56. The van der Waals surface area contributed by atoms with Gasteiger partial charge >= 0.3 is 0 Å². The number of halogens is 1. The van der Waals surface area contributed by atoms with E-state index >= 15 is 0 Å². The Morgan fingerprint density at radius 2 is 2.38 bits per heavy atom. The number of carbonyl (C=O) groups is 1. The monoisotopic (exact) mass is 221 g/mol. The molecule has 0 unspecified atom stereocenters. The van der Waals surface area contributed by atoms with Crippen molar-refractivity contribution in [2.45, 2.75) is 19.3 Å². The van der Waals surface area contributed by atoms with Crippen LogP contribution >= 0.6 is 0 Å². The van der Waals surface area contributed by atoms with Gasteiger partial charge in [0.15, 0.2) is 0 Å². The van der Waals surface area contributed by atoms with Crippen LogP contribution in [0.5, 0.6) is 0 Å². The summed E-state index contributed by atoms with van der Waals surface area (Å²) in [6.07, 6.45) is 3.23. The molecule has 5 heteroatoms. The first-order valence-corrected chi connectivity index (χ1v) is 5.00. The van der Waals surface area contributed by atoms with Crippen LogP contribution < -0.4 is 5.32 Å². The van der Waals surface area contributed by atoms with Crippen molar-refractivity contribution >= 4 is 5.91 Å². The molecule has 0 aromatic carbocycles. The van der Waals surface area contributed by atoms with Crippen molar-refractivity contribution in [2.75, 3.05) is 6.54 Å². The molecule has 0 aliphatic rings. The first kappa shape index (κ1) is 12.1. The Labute approximate surface area is 93.1 Å². The molecular formula is C11H12FN3O. The summed E-state index contributed by atoms with van der Waals surface area (Å²) in [5.41, 5.74) is 0.257. The highest BCUT2D eigenvalue weighted by Crippen LogP contribution is 2.00. The van der Waals surface area contributed by atoms with Gasteiger partial charge in [0.2, 0.25) is 5.95 Å². The molecule has 1 N–H and O–H groups in total. The molecule has 0 aliphatic carbocycles. The fourth-order valence-electron chi connectivity index (χ4n) is 1.18. The molecule has 1 heterocycles. The van der Waals surface area contributed by atoms with Gasteiger partial charge in [-0.1, -0.05) is 0 Å². The number of nitriles is 1. The van der Waals surface area contributed by atoms with Crippen LogP contribution in [-0.4, -0.2) is 17.4 Å². The van der Waals surface area contributed by atoms with Crippen molar-refractivity contribution in [2.24, 2.45) is 0 Å². The van der Waals surface area contributed by atoms with Gasteiger partial charge in [-0.2, -0.15) is 9.65 Å². The molecule has 0 saturated carbocycles. The molecule has 0 fully saturated rings. The van der Waals surface area contributed by atoms with E-state index in [1.807, 2.05) is 6.07 Å². The number of nitrogens with one attached hydrogen (secondary N) is 1. The number of pyridine rings is 1. The summed E-state index contributed by atoms with van der Waals surface area (Å²) in [5, 5.41) is 10.9. The lowest BCUT2D eigenvalue weighted by Crippen LogP contribution is -2.24. The van der Waals surface area contributed by atoms with E-state index in [0.29, 0.717) is 13.0 Å². The maximum Gasteiger partial charge on any atom is 0.251 e. The maximum absolute atomic E-state index is 12.7. The van der Waals surface area contributed by atoms with E-state index < -0.39 is 5.95 Å². The van der Waals surface area contributed by atoms with E-state index in [9.17, 15) is 9.18 Å². The smallest absolute Gasteiger partial charge is 0.251 e. The molecular weight excluding hydrogens is 209 g/mol. The first-order valence-electron chi connectivity index (χ1n) is 5.00. The number of unbranched alkanes of at least 4 members (excludes halogenated alkanes) is 2. The summed E-state index contributed by atoms with van der Waals surface area (Å²) in [6.45, 7) is 0.491. The van der Waals surface area contributed by atoms with Gasteiger partial charge in [0.25, 0.3) is 5.91 Å². The molecule has 0 radical (unpaired) electrons. The molecule has 0 atom stereocenters. The van der Waals surface area contributed by atoms with Gasteiger partial charge in [0, 0.05) is 30.8 Å². The molecule has 4 nitrogen and oxygen atoms in total. The van der Waals surface area contributed by atoms with Crippen molar-refractivity contribution in [3.63, 3.8) is 0 Å². The van der Waals surface area contributed by atoms with Gasteiger partial charge < -0.3 is 5.32 Å². The van der Waals surface area contributed by atoms with Crippen LogP contribution in [0.2, 0.25) is 0 Å². The summed E-state index contributed by atoms with van der Waals surface area (Å²) in [4.78, 5) is 14.8. The highest BCUT2D eigenvalue weighted by atomic mass is 19.1. The SMILES string of the molecule is N#CCCCCNC(=O)c1ccnc(F)c1. The largest absolute Gasteiger partial charge is 0.352 e. The molecule has 0 saturated heterocycles. The zero-order chi connectivity index (χ0) is 11.8. The third-order valence-corrected chi connectivity index (χ3v) is 1.99. The van der Waals surface area contributed by atoms with E-state index in [1.165, 1.54) is 12.3 Å². The van der Waals surface area contributed by atoms with Crippen molar-refractivity contribution in [1.29, 1.82) is 5.26 Å². The predicted octanol–water partition coefficient (Wildman–Crippen LogP) is 1.64. The van der Waals surface area contributed by atoms with Gasteiger partial charge in [-0.05, 0) is 18.9 Å². The summed E-state index contributed by atoms with van der Waals surface area (Å²) < 4.78 is 12.7. The normalized spacial score (nSPS) is 9.50. The van der Waals surface area contributed by atoms with Crippen LogP contribution in [0.4, 0.5) is 4.39 Å². The van der Waals surface area contributed by atoms with Crippen molar-refractivity contribution in [1.82, 2.24) is 10.3 Å². The number of nitrogens with zero attached hydrogens (tertiary/aromatic N) is 2. The van der Waals surface area contributed by atoms with Gasteiger partial charge in [-0.3, -0.25) is 4.79 Å². The van der Waals surface area contributed by atoms with Gasteiger partial charge in [-0.25, -0.2) is 4.98 Å². The van der Waals surface area contributed by atoms with Crippen LogP contribution in [0.3, 0.4) is 0 Å². The van der Waals surface area contributed by atoms with Gasteiger partial charge in [0.1, 0.15) is 0 Å². The van der Waals surface area contributed by atoms with E-state index in [0.717, 1.165) is 18.9 Å². The Bertz CT molecular complexity index is 400. The molecule has 1 aromatic heterocycles. The predicted molar refractivity (Wildman–Crippen MR) is 56.0 cm³/mol. The Balaban J connectivity index is 2.33. The Morgan fingerprint density at radius 1 is 1.56 bits per heavy atom. The van der Waals surface area contributed by atoms with E-state index in [4.69, 9.17) is 5.26 Å². The third-order valence-electron chi connectivity index (χ3n) is 1.99. The van der Waals surface area contributed by atoms with Crippen molar-refractivity contribution in [3.05, 3.63) is 29.8 Å². The van der Waals surface area contributed by atoms with Crippen LogP contribution in [0.25, 0.3) is 0 Å². The molecule has 84 valence electrons. The fraction of sp³-hybridized carbons (Fsp3) is 0.364. The summed E-state index contributed by atoms with van der Waals surface area (Å²) >= 11 is 0. The average Bonchev–Trinajstić information content (AvgIpc) is 2.28. The molecule has 0 spiro atoms. The first-order chi connectivity index (χ1) is 7.74. The zero-order valence-corrected chi connectivity index (χ0v) is 8.74. The molecule has 16 heavy (non-hydrogen) atoms. The van der Waals surface area contributed by atoms with Gasteiger partial charge in [0.05, 0.1) is 6.07 Å². The Hall–Kier alpha value is -1.96. The number of aromatic nitrogens is 1. The van der Waals surface area contributed by atoms with Crippen molar-refractivity contribution < 1.29 is 9.18 Å². The van der Waals surface area contributed by atoms with E-state index in [1.54, 1.807) is 0 Å². The number of carbonyl (C=O) groups excluding carboxylic acids is 1. The maximum atomic E-state index is 12.7. The summed E-state index contributed by atoms with van der Waals surface area (Å²) in [7, 11) is 0. The number of rotatable bonds is 5. The minimum atomic E-state index is -0.669. The molecule has 1 aromatic rings. The zero-order valence-electron chi connectivity index (χ0n) is 8.74. The van der Waals surface area contributed by atoms with Crippen LogP contribution in [-0.2, 0) is 0 Å². The second-order valence-corrected chi connectivity index (χ2v) is 3.24. The molecule has 1 rings (SSSR count). The minimum Gasteiger partial charge on any atom is -0.352 e. The Morgan fingerprint density at radius 3 is 3.06 bits per heavy atom. The number of hydrogen-bond donors (Lipinski definition) is 1. The molecule has 1 amide bonds. The molecule has 0 bridgehead atoms. The lowest BCUT2D eigenvalue weighted by atomic mass is 10.2. The lowest BCUT2D eigenvalue weighted by Gasteiger charge is -2.03. The van der Waals surface area contributed by atoms with E-state index in [-0.39, 0.29) is 11.5 Å². The second kappa shape index (κ2) is 6.51. The topological polar surface area (TPSA) is 65.8 Å². The third kappa shape index (κ3) is 4.05. The highest BCUT2D eigenvalue weighted by molar-refractivity contribution is 5.93. The fourth-order valence-corrected chi connectivity index (χ4v) is 1.18. The highest BCUT2D eigenvalue weighted by Gasteiger charge is 2.05. The van der Waals surface area contributed by atoms with E-state index in [2.05, 4.69) is 10.3 Å². The number of hydrogen-bond acceptors (Lipinski definition) is 3. The quantitative estimate of drug-likeness (QED) is 0.607. The Kier molecular flexibility index (Phi) is 4.93. The lowest BCUT2D eigenvalue weighted by molar-refractivity contribution is 0.0952.